The summed E-state index contributed by atoms with van der Waals surface area (Å²) >= 11 is 0. The predicted molar refractivity (Wildman–Crippen MR) is 141 cm³/mol. The maximum atomic E-state index is 13.5. The van der Waals surface area contributed by atoms with E-state index in [9.17, 15) is 4.79 Å². The molecule has 2 N–H and O–H groups in total. The minimum Gasteiger partial charge on any atom is -0.496 e. The molecule has 2 fully saturated rings. The molecule has 0 bridgehead atoms. The smallest absolute Gasteiger partial charge is 0.196 e. The third-order valence-electron chi connectivity index (χ3n) is 7.22. The Morgan fingerprint density at radius 1 is 0.811 bits per heavy atom. The third-order valence-corrected chi connectivity index (χ3v) is 7.22. The number of carbonyl (C=O) groups excluding carboxylic acids is 1. The van der Waals surface area contributed by atoms with Crippen LogP contribution in [0.3, 0.4) is 0 Å². The number of methoxy groups -OCH3 is 1. The number of rotatable bonds is 11. The minimum atomic E-state index is -0.127. The fraction of sp³-hybridized carbons (Fsp3) is 0.536. The number of carbonyl (C=O) groups is 1. The molecule has 0 atom stereocenters. The summed E-state index contributed by atoms with van der Waals surface area (Å²) < 4.78 is 28.8. The topological polar surface area (TPSA) is 95.7 Å². The van der Waals surface area contributed by atoms with Crippen molar-refractivity contribution in [2.24, 2.45) is 0 Å². The first-order valence-electron chi connectivity index (χ1n) is 13.2. The highest BCUT2D eigenvalue weighted by Gasteiger charge is 2.36. The van der Waals surface area contributed by atoms with Gasteiger partial charge in [-0.1, -0.05) is 12.1 Å². The van der Waals surface area contributed by atoms with Crippen LogP contribution in [0.15, 0.2) is 24.3 Å². The molecule has 2 saturated heterocycles. The first-order chi connectivity index (χ1) is 18.2. The molecule has 0 amide bonds. The summed E-state index contributed by atoms with van der Waals surface area (Å²) in [5, 5.41) is 0. The largest absolute Gasteiger partial charge is 0.496 e. The SMILES string of the molecule is COc1cc(OCCCN2CCOCC2)c(N)c2c1-c1c(OCCCN3CCOCC3)cccc1C2=O. The zero-order valence-electron chi connectivity index (χ0n) is 21.6. The lowest BCUT2D eigenvalue weighted by molar-refractivity contribution is 0.0357. The number of morpholine rings is 2. The molecule has 2 aromatic carbocycles. The molecule has 2 heterocycles. The fourth-order valence-corrected chi connectivity index (χ4v) is 5.24. The monoisotopic (exact) mass is 511 g/mol. The molecule has 2 aromatic rings. The highest BCUT2D eigenvalue weighted by atomic mass is 16.5. The van der Waals surface area contributed by atoms with Crippen molar-refractivity contribution in [2.75, 3.05) is 91.8 Å². The van der Waals surface area contributed by atoms with E-state index in [0.717, 1.165) is 84.1 Å². The molecule has 0 spiro atoms. The molecular weight excluding hydrogens is 474 g/mol. The molecule has 0 radical (unpaired) electrons. The molecule has 0 aromatic heterocycles. The van der Waals surface area contributed by atoms with Gasteiger partial charge in [-0.2, -0.15) is 0 Å². The van der Waals surface area contributed by atoms with Crippen LogP contribution in [0, 0.1) is 0 Å². The minimum absolute atomic E-state index is 0.127. The van der Waals surface area contributed by atoms with E-state index in [1.165, 1.54) is 0 Å². The van der Waals surface area contributed by atoms with Gasteiger partial charge in [-0.05, 0) is 18.9 Å². The summed E-state index contributed by atoms with van der Waals surface area (Å²) in [5.41, 5.74) is 9.31. The molecule has 200 valence electrons. The number of fused-ring (bicyclic) bond motifs is 3. The number of nitrogen functional groups attached to an aromatic ring is 1. The van der Waals surface area contributed by atoms with E-state index in [0.29, 0.717) is 52.8 Å². The summed E-state index contributed by atoms with van der Waals surface area (Å²) in [6.07, 6.45) is 1.75. The molecule has 0 unspecified atom stereocenters. The van der Waals surface area contributed by atoms with Crippen LogP contribution in [0.5, 0.6) is 17.2 Å². The van der Waals surface area contributed by atoms with Gasteiger partial charge in [0.25, 0.3) is 0 Å². The van der Waals surface area contributed by atoms with E-state index in [4.69, 9.17) is 29.4 Å². The van der Waals surface area contributed by atoms with Gasteiger partial charge in [0, 0.05) is 62.0 Å². The van der Waals surface area contributed by atoms with Crippen molar-refractivity contribution in [3.05, 3.63) is 35.4 Å². The van der Waals surface area contributed by atoms with Crippen molar-refractivity contribution < 1.29 is 28.5 Å². The van der Waals surface area contributed by atoms with Gasteiger partial charge in [0.05, 0.1) is 58.0 Å². The van der Waals surface area contributed by atoms with E-state index in [1.807, 2.05) is 18.2 Å². The number of ketones is 1. The zero-order chi connectivity index (χ0) is 25.6. The lowest BCUT2D eigenvalue weighted by Crippen LogP contribution is -2.37. The van der Waals surface area contributed by atoms with E-state index < -0.39 is 0 Å². The fourth-order valence-electron chi connectivity index (χ4n) is 5.24. The summed E-state index contributed by atoms with van der Waals surface area (Å²) in [5.74, 6) is 1.58. The van der Waals surface area contributed by atoms with Crippen LogP contribution in [-0.2, 0) is 9.47 Å². The highest BCUT2D eigenvalue weighted by molar-refractivity contribution is 6.26. The summed E-state index contributed by atoms with van der Waals surface area (Å²) in [6, 6.07) is 7.37. The van der Waals surface area contributed by atoms with E-state index >= 15 is 0 Å². The molecule has 9 heteroatoms. The molecule has 37 heavy (non-hydrogen) atoms. The molecule has 1 aliphatic carbocycles. The van der Waals surface area contributed by atoms with Crippen LogP contribution < -0.4 is 19.9 Å². The van der Waals surface area contributed by atoms with E-state index in [-0.39, 0.29) is 5.78 Å². The predicted octanol–water partition coefficient (Wildman–Crippen LogP) is 2.69. The summed E-state index contributed by atoms with van der Waals surface area (Å²) in [4.78, 5) is 18.2. The standard InChI is InChI=1S/C28H37N3O6/c1-33-22-19-23(37-14-4-8-31-11-17-35-18-12-31)27(29)26-25(22)24-20(28(26)32)5-2-6-21(24)36-13-3-7-30-9-15-34-16-10-30/h2,5-6,19H,3-4,7-18,29H2,1H3. The molecular formula is C28H37N3O6. The maximum Gasteiger partial charge on any atom is 0.196 e. The van der Waals surface area contributed by atoms with Crippen molar-refractivity contribution >= 4 is 11.5 Å². The quantitative estimate of drug-likeness (QED) is 0.308. The van der Waals surface area contributed by atoms with Crippen LogP contribution in [0.1, 0.15) is 28.8 Å². The van der Waals surface area contributed by atoms with Crippen LogP contribution in [0.25, 0.3) is 11.1 Å². The second kappa shape index (κ2) is 12.1. The molecule has 0 saturated carbocycles. The first kappa shape index (κ1) is 25.8. The lowest BCUT2D eigenvalue weighted by Gasteiger charge is -2.26. The zero-order valence-corrected chi connectivity index (χ0v) is 21.6. The maximum absolute atomic E-state index is 13.5. The van der Waals surface area contributed by atoms with Crippen LogP contribution in [-0.4, -0.2) is 102 Å². The Kier molecular flexibility index (Phi) is 8.45. The van der Waals surface area contributed by atoms with Gasteiger partial charge >= 0.3 is 0 Å². The summed E-state index contributed by atoms with van der Waals surface area (Å²) in [6.45, 7) is 9.86. The van der Waals surface area contributed by atoms with Crippen molar-refractivity contribution in [1.82, 2.24) is 9.80 Å². The molecule has 3 aliphatic rings. The van der Waals surface area contributed by atoms with Crippen molar-refractivity contribution in [3.63, 3.8) is 0 Å². The normalized spacial score (nSPS) is 17.9. The van der Waals surface area contributed by atoms with Crippen LogP contribution in [0.4, 0.5) is 5.69 Å². The average molecular weight is 512 g/mol. The van der Waals surface area contributed by atoms with Gasteiger partial charge in [0.1, 0.15) is 17.2 Å². The van der Waals surface area contributed by atoms with Crippen molar-refractivity contribution in [1.29, 1.82) is 0 Å². The van der Waals surface area contributed by atoms with Gasteiger partial charge in [-0.15, -0.1) is 0 Å². The van der Waals surface area contributed by atoms with Gasteiger partial charge in [-0.3, -0.25) is 14.6 Å². The van der Waals surface area contributed by atoms with Gasteiger partial charge in [-0.25, -0.2) is 0 Å². The lowest BCUT2D eigenvalue weighted by atomic mass is 10.0. The Bertz CT molecular complexity index is 1100. The number of ether oxygens (including phenoxy) is 5. The van der Waals surface area contributed by atoms with E-state index in [1.54, 1.807) is 13.2 Å². The number of anilines is 1. The molecule has 9 nitrogen and oxygen atoms in total. The van der Waals surface area contributed by atoms with Crippen molar-refractivity contribution in [2.45, 2.75) is 12.8 Å². The Labute approximate surface area is 218 Å². The van der Waals surface area contributed by atoms with E-state index in [2.05, 4.69) is 9.80 Å². The number of hydrogen-bond donors (Lipinski definition) is 1. The van der Waals surface area contributed by atoms with Crippen molar-refractivity contribution in [3.8, 4) is 28.4 Å². The molecule has 2 aliphatic heterocycles. The Morgan fingerprint density at radius 3 is 2.00 bits per heavy atom. The average Bonchev–Trinajstić information content (AvgIpc) is 3.25. The second-order valence-corrected chi connectivity index (χ2v) is 9.56. The Balaban J connectivity index is 1.29. The number of hydrogen-bond acceptors (Lipinski definition) is 9. The Morgan fingerprint density at radius 2 is 1.41 bits per heavy atom. The number of benzene rings is 2. The van der Waals surface area contributed by atoms with Gasteiger partial charge in [0.2, 0.25) is 0 Å². The highest BCUT2D eigenvalue weighted by Crippen LogP contribution is 2.51. The first-order valence-corrected chi connectivity index (χ1v) is 13.2. The number of nitrogens with zero attached hydrogens (tertiary/aromatic N) is 2. The van der Waals surface area contributed by atoms with Gasteiger partial charge < -0.3 is 29.4 Å². The summed E-state index contributed by atoms with van der Waals surface area (Å²) in [7, 11) is 1.60. The third kappa shape index (κ3) is 5.70. The number of nitrogens with two attached hydrogens (primary N) is 1. The second-order valence-electron chi connectivity index (χ2n) is 9.56. The van der Waals surface area contributed by atoms with Gasteiger partial charge in [0.15, 0.2) is 5.78 Å². The Hall–Kier alpha value is -2.85. The van der Waals surface area contributed by atoms with Crippen LogP contribution >= 0.6 is 0 Å². The van der Waals surface area contributed by atoms with Crippen LogP contribution in [0.2, 0.25) is 0 Å². The molecule has 5 rings (SSSR count).